The molecule has 2 aromatic carbocycles. The maximum Gasteiger partial charge on any atom is 0.224 e. The van der Waals surface area contributed by atoms with Crippen molar-refractivity contribution in [1.82, 2.24) is 5.32 Å². The van der Waals surface area contributed by atoms with Crippen LogP contribution in [-0.2, 0) is 17.8 Å². The predicted molar refractivity (Wildman–Crippen MR) is 108 cm³/mol. The molecule has 0 atom stereocenters. The molecule has 0 saturated heterocycles. The molecule has 158 valence electrons. The summed E-state index contributed by atoms with van der Waals surface area (Å²) in [5, 5.41) is 2.89. The Labute approximate surface area is 170 Å². The second-order valence-electron chi connectivity index (χ2n) is 5.98. The molecule has 1 amide bonds. The molecule has 0 aliphatic carbocycles. The Hall–Kier alpha value is -3.29. The smallest absolute Gasteiger partial charge is 0.224 e. The number of nitrogens with one attached hydrogen (secondary N) is 1. The first-order valence-corrected chi connectivity index (χ1v) is 8.86. The van der Waals surface area contributed by atoms with Gasteiger partial charge in [0.1, 0.15) is 0 Å². The second-order valence-corrected chi connectivity index (χ2v) is 5.98. The van der Waals surface area contributed by atoms with E-state index in [1.54, 1.807) is 52.7 Å². The van der Waals surface area contributed by atoms with E-state index in [0.717, 1.165) is 5.56 Å². The number of rotatable bonds is 10. The summed E-state index contributed by atoms with van der Waals surface area (Å²) in [7, 11) is 9.22. The minimum absolute atomic E-state index is 0.119. The molecule has 0 aliphatic rings. The van der Waals surface area contributed by atoms with E-state index in [1.165, 1.54) is 14.2 Å². The van der Waals surface area contributed by atoms with Gasteiger partial charge in [0.05, 0.1) is 49.1 Å². The standard InChI is InChI=1S/C21H27NO7/c1-24-15-8-7-14(19(27-4)21(15)29-6)11-18(23)22-12-13-9-16(25-2)20(28-5)17(10-13)26-3/h7-10H,11-12H2,1-6H3,(H,22,23). The Morgan fingerprint density at radius 3 is 1.76 bits per heavy atom. The molecule has 8 nitrogen and oxygen atoms in total. The number of benzene rings is 2. The highest BCUT2D eigenvalue weighted by Gasteiger charge is 2.18. The van der Waals surface area contributed by atoms with Crippen molar-refractivity contribution in [2.75, 3.05) is 42.7 Å². The van der Waals surface area contributed by atoms with Gasteiger partial charge >= 0.3 is 0 Å². The largest absolute Gasteiger partial charge is 0.493 e. The number of carbonyl (C=O) groups excluding carboxylic acids is 1. The summed E-state index contributed by atoms with van der Waals surface area (Å²) in [4.78, 5) is 12.5. The highest BCUT2D eigenvalue weighted by atomic mass is 16.5. The van der Waals surface area contributed by atoms with Crippen LogP contribution in [0.3, 0.4) is 0 Å². The lowest BCUT2D eigenvalue weighted by atomic mass is 10.1. The molecule has 1 N–H and O–H groups in total. The van der Waals surface area contributed by atoms with Crippen LogP contribution < -0.4 is 33.7 Å². The number of methoxy groups -OCH3 is 6. The first-order chi connectivity index (χ1) is 14.0. The third kappa shape index (κ3) is 4.96. The Kier molecular flexibility index (Phi) is 7.82. The highest BCUT2D eigenvalue weighted by molar-refractivity contribution is 5.80. The average molecular weight is 405 g/mol. The van der Waals surface area contributed by atoms with Gasteiger partial charge in [-0.3, -0.25) is 4.79 Å². The third-order valence-electron chi connectivity index (χ3n) is 4.35. The molecule has 29 heavy (non-hydrogen) atoms. The SMILES string of the molecule is COc1cc(CNC(=O)Cc2ccc(OC)c(OC)c2OC)cc(OC)c1OC. The van der Waals surface area contributed by atoms with Gasteiger partial charge in [-0.25, -0.2) is 0 Å². The zero-order chi connectivity index (χ0) is 21.4. The first kappa shape index (κ1) is 22.0. The summed E-state index contributed by atoms with van der Waals surface area (Å²) in [5.74, 6) is 2.82. The molecule has 0 aliphatic heterocycles. The molecule has 0 radical (unpaired) electrons. The molecule has 2 rings (SSSR count). The molecule has 0 spiro atoms. The van der Waals surface area contributed by atoms with Crippen LogP contribution in [0.1, 0.15) is 11.1 Å². The normalized spacial score (nSPS) is 10.1. The monoisotopic (exact) mass is 405 g/mol. The van der Waals surface area contributed by atoms with Crippen molar-refractivity contribution < 1.29 is 33.2 Å². The van der Waals surface area contributed by atoms with Gasteiger partial charge in [0.2, 0.25) is 17.4 Å². The van der Waals surface area contributed by atoms with Crippen molar-refractivity contribution in [2.24, 2.45) is 0 Å². The average Bonchev–Trinajstić information content (AvgIpc) is 2.76. The van der Waals surface area contributed by atoms with Gasteiger partial charge in [0.25, 0.3) is 0 Å². The topological polar surface area (TPSA) is 84.5 Å². The minimum Gasteiger partial charge on any atom is -0.493 e. The van der Waals surface area contributed by atoms with E-state index in [-0.39, 0.29) is 12.3 Å². The van der Waals surface area contributed by atoms with Gasteiger partial charge < -0.3 is 33.7 Å². The van der Waals surface area contributed by atoms with E-state index in [0.29, 0.717) is 46.6 Å². The Bertz CT molecular complexity index is 826. The van der Waals surface area contributed by atoms with Crippen LogP contribution in [0, 0.1) is 0 Å². The number of ether oxygens (including phenoxy) is 6. The summed E-state index contributed by atoms with van der Waals surface area (Å²) in [6, 6.07) is 7.10. The van der Waals surface area contributed by atoms with E-state index >= 15 is 0 Å². The van der Waals surface area contributed by atoms with E-state index in [1.807, 2.05) is 0 Å². The summed E-state index contributed by atoms with van der Waals surface area (Å²) >= 11 is 0. The maximum absolute atomic E-state index is 12.5. The van der Waals surface area contributed by atoms with E-state index in [9.17, 15) is 4.79 Å². The predicted octanol–water partition coefficient (Wildman–Crippen LogP) is 2.60. The van der Waals surface area contributed by atoms with Gasteiger partial charge in [-0.1, -0.05) is 6.07 Å². The van der Waals surface area contributed by atoms with E-state index in [4.69, 9.17) is 28.4 Å². The summed E-state index contributed by atoms with van der Waals surface area (Å²) in [5.41, 5.74) is 1.50. The molecular formula is C21H27NO7. The molecule has 0 bridgehead atoms. The number of carbonyl (C=O) groups is 1. The van der Waals surface area contributed by atoms with Crippen LogP contribution in [0.5, 0.6) is 34.5 Å². The number of hydrogen-bond acceptors (Lipinski definition) is 7. The zero-order valence-corrected chi connectivity index (χ0v) is 17.6. The fraction of sp³-hybridized carbons (Fsp3) is 0.381. The van der Waals surface area contributed by atoms with Gasteiger partial charge in [-0.15, -0.1) is 0 Å². The fourth-order valence-corrected chi connectivity index (χ4v) is 2.98. The highest BCUT2D eigenvalue weighted by Crippen LogP contribution is 2.40. The zero-order valence-electron chi connectivity index (χ0n) is 17.6. The second kappa shape index (κ2) is 10.3. The molecule has 8 heteroatoms. The first-order valence-electron chi connectivity index (χ1n) is 8.86. The molecule has 0 unspecified atom stereocenters. The van der Waals surface area contributed by atoms with Crippen LogP contribution >= 0.6 is 0 Å². The molecule has 0 heterocycles. The quantitative estimate of drug-likeness (QED) is 0.650. The van der Waals surface area contributed by atoms with Crippen LogP contribution in [0.15, 0.2) is 24.3 Å². The lowest BCUT2D eigenvalue weighted by Crippen LogP contribution is -2.24. The lowest BCUT2D eigenvalue weighted by Gasteiger charge is -2.16. The number of amides is 1. The van der Waals surface area contributed by atoms with E-state index in [2.05, 4.69) is 5.32 Å². The van der Waals surface area contributed by atoms with Crippen LogP contribution in [-0.4, -0.2) is 48.6 Å². The van der Waals surface area contributed by atoms with Gasteiger partial charge in [-0.05, 0) is 23.8 Å². The van der Waals surface area contributed by atoms with E-state index < -0.39 is 0 Å². The summed E-state index contributed by atoms with van der Waals surface area (Å²) in [6.45, 7) is 0.297. The Morgan fingerprint density at radius 1 is 0.724 bits per heavy atom. The van der Waals surface area contributed by atoms with Crippen molar-refractivity contribution in [2.45, 2.75) is 13.0 Å². The van der Waals surface area contributed by atoms with Crippen LogP contribution in [0.2, 0.25) is 0 Å². The summed E-state index contributed by atoms with van der Waals surface area (Å²) in [6.07, 6.45) is 0.119. The Balaban J connectivity index is 2.15. The van der Waals surface area contributed by atoms with Crippen molar-refractivity contribution in [1.29, 1.82) is 0 Å². The minimum atomic E-state index is -0.177. The van der Waals surface area contributed by atoms with Crippen LogP contribution in [0.25, 0.3) is 0 Å². The van der Waals surface area contributed by atoms with Crippen LogP contribution in [0.4, 0.5) is 0 Å². The van der Waals surface area contributed by atoms with Crippen molar-refractivity contribution in [3.63, 3.8) is 0 Å². The summed E-state index contributed by atoms with van der Waals surface area (Å²) < 4.78 is 32.0. The van der Waals surface area contributed by atoms with Crippen molar-refractivity contribution in [3.8, 4) is 34.5 Å². The fourth-order valence-electron chi connectivity index (χ4n) is 2.98. The molecular weight excluding hydrogens is 378 g/mol. The van der Waals surface area contributed by atoms with Gasteiger partial charge in [-0.2, -0.15) is 0 Å². The van der Waals surface area contributed by atoms with Gasteiger partial charge in [0.15, 0.2) is 23.0 Å². The van der Waals surface area contributed by atoms with Crippen molar-refractivity contribution in [3.05, 3.63) is 35.4 Å². The molecule has 0 fully saturated rings. The maximum atomic E-state index is 12.5. The third-order valence-corrected chi connectivity index (χ3v) is 4.35. The molecule has 0 saturated carbocycles. The molecule has 0 aromatic heterocycles. The molecule has 2 aromatic rings. The van der Waals surface area contributed by atoms with Crippen molar-refractivity contribution >= 4 is 5.91 Å². The van der Waals surface area contributed by atoms with Gasteiger partial charge in [0, 0.05) is 12.1 Å². The lowest BCUT2D eigenvalue weighted by molar-refractivity contribution is -0.120. The Morgan fingerprint density at radius 2 is 1.28 bits per heavy atom. The number of hydrogen-bond donors (Lipinski definition) is 1.